The molecule has 1 N–H and O–H groups in total. The lowest BCUT2D eigenvalue weighted by atomic mass is 10.2. The number of sulfonamides is 1. The van der Waals surface area contributed by atoms with Gasteiger partial charge in [-0.2, -0.15) is 17.5 Å². The maximum absolute atomic E-state index is 13.3. The van der Waals surface area contributed by atoms with Gasteiger partial charge in [-0.05, 0) is 36.6 Å². The van der Waals surface area contributed by atoms with Crippen LogP contribution in [0.2, 0.25) is 5.02 Å². The molecule has 0 bridgehead atoms. The Hall–Kier alpha value is -2.10. The Labute approximate surface area is 171 Å². The summed E-state index contributed by atoms with van der Waals surface area (Å²) in [5.41, 5.74) is -0.598. The van der Waals surface area contributed by atoms with Crippen LogP contribution in [0.4, 0.5) is 13.2 Å². The molecule has 2 aromatic carbocycles. The molecule has 1 amide bonds. The predicted molar refractivity (Wildman–Crippen MR) is 102 cm³/mol. The van der Waals surface area contributed by atoms with E-state index in [4.69, 9.17) is 11.6 Å². The smallest absolute Gasteiger partial charge is 0.351 e. The second-order valence-electron chi connectivity index (χ2n) is 6.58. The highest BCUT2D eigenvalue weighted by atomic mass is 35.5. The Balaban J connectivity index is 1.83. The summed E-state index contributed by atoms with van der Waals surface area (Å²) in [5.74, 6) is -0.574. The minimum absolute atomic E-state index is 0.0291. The van der Waals surface area contributed by atoms with Gasteiger partial charge < -0.3 is 5.32 Å². The van der Waals surface area contributed by atoms with Crippen LogP contribution in [0.25, 0.3) is 0 Å². The highest BCUT2D eigenvalue weighted by Gasteiger charge is 2.43. The normalized spacial score (nSPS) is 18.0. The molecule has 1 saturated heterocycles. The van der Waals surface area contributed by atoms with Gasteiger partial charge in [-0.1, -0.05) is 41.9 Å². The zero-order valence-electron chi connectivity index (χ0n) is 15.1. The second-order valence-corrected chi connectivity index (χ2v) is 8.84. The summed E-state index contributed by atoms with van der Waals surface area (Å²) in [5, 5.41) is 3.08. The summed E-state index contributed by atoms with van der Waals surface area (Å²) in [7, 11) is -4.51. The van der Waals surface area contributed by atoms with E-state index in [1.54, 1.807) is 24.3 Å². The molecule has 1 aliphatic rings. The molecule has 2 aromatic rings. The molecule has 0 spiro atoms. The van der Waals surface area contributed by atoms with E-state index in [0.717, 1.165) is 22.5 Å². The fourth-order valence-corrected chi connectivity index (χ4v) is 5.36. The van der Waals surface area contributed by atoms with E-state index in [2.05, 4.69) is 5.32 Å². The van der Waals surface area contributed by atoms with Crippen molar-refractivity contribution in [1.82, 2.24) is 9.62 Å². The summed E-state index contributed by atoms with van der Waals surface area (Å²) in [6.07, 6.45) is -4.23. The average Bonchev–Trinajstić information content (AvgIpc) is 3.17. The molecule has 0 radical (unpaired) electrons. The molecule has 1 fully saturated rings. The molecule has 156 valence electrons. The molecule has 0 unspecified atom stereocenters. The minimum Gasteiger partial charge on any atom is -0.351 e. The second kappa shape index (κ2) is 8.33. The van der Waals surface area contributed by atoms with Crippen molar-refractivity contribution in [2.45, 2.75) is 36.5 Å². The maximum atomic E-state index is 13.3. The summed E-state index contributed by atoms with van der Waals surface area (Å²) in [6, 6.07) is 9.75. The van der Waals surface area contributed by atoms with Crippen molar-refractivity contribution in [2.75, 3.05) is 6.54 Å². The molecule has 0 aromatic heterocycles. The largest absolute Gasteiger partial charge is 0.417 e. The van der Waals surface area contributed by atoms with Crippen molar-refractivity contribution in [3.63, 3.8) is 0 Å². The van der Waals surface area contributed by atoms with Crippen molar-refractivity contribution in [2.24, 2.45) is 0 Å². The third-order valence-electron chi connectivity index (χ3n) is 4.70. The van der Waals surface area contributed by atoms with Crippen molar-refractivity contribution in [1.29, 1.82) is 0 Å². The molecule has 0 aliphatic carbocycles. The fraction of sp³-hybridized carbons (Fsp3) is 0.316. The SMILES string of the molecule is O=C(NCc1ccccc1Cl)[C@@H]1CCCN1S(=O)(=O)c1ccccc1C(F)(F)F. The van der Waals surface area contributed by atoms with Crippen LogP contribution in [-0.2, 0) is 27.5 Å². The van der Waals surface area contributed by atoms with Gasteiger partial charge in [0.05, 0.1) is 10.5 Å². The Morgan fingerprint density at radius 2 is 1.79 bits per heavy atom. The quantitative estimate of drug-likeness (QED) is 0.759. The molecular formula is C19H18ClF3N2O3S. The van der Waals surface area contributed by atoms with E-state index in [9.17, 15) is 26.4 Å². The monoisotopic (exact) mass is 446 g/mol. The Bertz CT molecular complexity index is 1010. The van der Waals surface area contributed by atoms with Crippen LogP contribution in [0.1, 0.15) is 24.0 Å². The molecule has 3 rings (SSSR count). The number of hydrogen-bond donors (Lipinski definition) is 1. The van der Waals surface area contributed by atoms with E-state index >= 15 is 0 Å². The standard InChI is InChI=1S/C19H18ClF3N2O3S/c20-15-8-3-1-6-13(15)12-24-18(26)16-9-5-11-25(16)29(27,28)17-10-4-2-7-14(17)19(21,22)23/h1-4,6-8,10,16H,5,9,11-12H2,(H,24,26)/t16-/m0/s1. The van der Waals surface area contributed by atoms with Gasteiger partial charge in [0.1, 0.15) is 6.04 Å². The van der Waals surface area contributed by atoms with Gasteiger partial charge in [0, 0.05) is 18.1 Å². The van der Waals surface area contributed by atoms with E-state index in [-0.39, 0.29) is 19.5 Å². The molecule has 10 heteroatoms. The molecule has 1 aliphatic heterocycles. The first-order chi connectivity index (χ1) is 13.6. The lowest BCUT2D eigenvalue weighted by Gasteiger charge is -2.25. The van der Waals surface area contributed by atoms with E-state index in [1.807, 2.05) is 0 Å². The Kier molecular flexibility index (Phi) is 6.21. The van der Waals surface area contributed by atoms with Gasteiger partial charge in [-0.3, -0.25) is 4.79 Å². The molecule has 1 heterocycles. The topological polar surface area (TPSA) is 66.5 Å². The summed E-state index contributed by atoms with van der Waals surface area (Å²) < 4.78 is 66.7. The van der Waals surface area contributed by atoms with Crippen LogP contribution in [0.15, 0.2) is 53.4 Å². The third kappa shape index (κ3) is 4.57. The highest BCUT2D eigenvalue weighted by molar-refractivity contribution is 7.89. The summed E-state index contributed by atoms with van der Waals surface area (Å²) in [6.45, 7) is 0.0563. The number of benzene rings is 2. The number of amides is 1. The first-order valence-corrected chi connectivity index (χ1v) is 10.6. The van der Waals surface area contributed by atoms with Gasteiger partial charge in [0.25, 0.3) is 0 Å². The molecule has 0 saturated carbocycles. The van der Waals surface area contributed by atoms with E-state index < -0.39 is 38.6 Å². The lowest BCUT2D eigenvalue weighted by Crippen LogP contribution is -2.46. The maximum Gasteiger partial charge on any atom is 0.417 e. The first-order valence-electron chi connectivity index (χ1n) is 8.81. The van der Waals surface area contributed by atoms with Crippen LogP contribution < -0.4 is 5.32 Å². The van der Waals surface area contributed by atoms with Gasteiger partial charge in [-0.15, -0.1) is 0 Å². The van der Waals surface area contributed by atoms with Gasteiger partial charge in [-0.25, -0.2) is 8.42 Å². The molecule has 5 nitrogen and oxygen atoms in total. The number of carbonyl (C=O) groups is 1. The third-order valence-corrected chi connectivity index (χ3v) is 7.03. The number of hydrogen-bond acceptors (Lipinski definition) is 3. The van der Waals surface area contributed by atoms with Crippen LogP contribution in [0.5, 0.6) is 0 Å². The number of rotatable bonds is 5. The van der Waals surface area contributed by atoms with Gasteiger partial charge in [0.2, 0.25) is 15.9 Å². The highest BCUT2D eigenvalue weighted by Crippen LogP contribution is 2.36. The minimum atomic E-state index is -4.83. The first kappa shape index (κ1) is 21.6. The summed E-state index contributed by atoms with van der Waals surface area (Å²) >= 11 is 6.04. The number of nitrogens with one attached hydrogen (secondary N) is 1. The van der Waals surface area contributed by atoms with Crippen LogP contribution >= 0.6 is 11.6 Å². The van der Waals surface area contributed by atoms with E-state index in [1.165, 1.54) is 6.07 Å². The Morgan fingerprint density at radius 3 is 2.48 bits per heavy atom. The predicted octanol–water partition coefficient (Wildman–Crippen LogP) is 3.83. The number of halogens is 4. The van der Waals surface area contributed by atoms with Crippen LogP contribution in [0.3, 0.4) is 0 Å². The van der Waals surface area contributed by atoms with Crippen molar-refractivity contribution < 1.29 is 26.4 Å². The van der Waals surface area contributed by atoms with Crippen molar-refractivity contribution in [3.05, 3.63) is 64.7 Å². The van der Waals surface area contributed by atoms with Gasteiger partial charge >= 0.3 is 6.18 Å². The lowest BCUT2D eigenvalue weighted by molar-refractivity contribution is -0.139. The fourth-order valence-electron chi connectivity index (χ4n) is 3.28. The van der Waals surface area contributed by atoms with Crippen LogP contribution in [0, 0.1) is 0 Å². The van der Waals surface area contributed by atoms with E-state index in [0.29, 0.717) is 17.0 Å². The molecule has 29 heavy (non-hydrogen) atoms. The molecular weight excluding hydrogens is 429 g/mol. The van der Waals surface area contributed by atoms with Gasteiger partial charge in [0.15, 0.2) is 0 Å². The number of alkyl halides is 3. The zero-order chi connectivity index (χ0) is 21.2. The van der Waals surface area contributed by atoms with Crippen molar-refractivity contribution >= 4 is 27.5 Å². The van der Waals surface area contributed by atoms with Crippen molar-refractivity contribution in [3.8, 4) is 0 Å². The van der Waals surface area contributed by atoms with Crippen LogP contribution in [-0.4, -0.2) is 31.2 Å². The number of nitrogens with zero attached hydrogens (tertiary/aromatic N) is 1. The summed E-state index contributed by atoms with van der Waals surface area (Å²) in [4.78, 5) is 11.8. The average molecular weight is 447 g/mol. The molecule has 1 atom stereocenters. The number of carbonyl (C=O) groups excluding carboxylic acids is 1. The zero-order valence-corrected chi connectivity index (χ0v) is 16.7. The Morgan fingerprint density at radius 1 is 1.14 bits per heavy atom.